The number of esters is 1. The molecule has 0 aromatic carbocycles. The fourth-order valence-corrected chi connectivity index (χ4v) is 2.83. The van der Waals surface area contributed by atoms with Gasteiger partial charge in [0.05, 0.1) is 7.11 Å². The van der Waals surface area contributed by atoms with Crippen LogP contribution < -0.4 is 0 Å². The minimum absolute atomic E-state index is 0.139. The van der Waals surface area contributed by atoms with Crippen molar-refractivity contribution < 1.29 is 14.3 Å². The second-order valence-corrected chi connectivity index (χ2v) is 4.33. The molecule has 0 bridgehead atoms. The van der Waals surface area contributed by atoms with Crippen LogP contribution in [0.15, 0.2) is 0 Å². The molecule has 1 aliphatic carbocycles. The summed E-state index contributed by atoms with van der Waals surface area (Å²) in [4.78, 5) is 11.4. The van der Waals surface area contributed by atoms with Gasteiger partial charge in [0, 0.05) is 0 Å². The van der Waals surface area contributed by atoms with E-state index in [1.165, 1.54) is 26.4 Å². The van der Waals surface area contributed by atoms with Gasteiger partial charge in [-0.2, -0.15) is 0 Å². The molecular formula is C11H18O3. The van der Waals surface area contributed by atoms with Crippen LogP contribution in [0.25, 0.3) is 0 Å². The van der Waals surface area contributed by atoms with Crippen molar-refractivity contribution in [2.45, 2.75) is 50.7 Å². The van der Waals surface area contributed by atoms with E-state index < -0.39 is 0 Å². The first-order chi connectivity index (χ1) is 6.74. The van der Waals surface area contributed by atoms with Crippen LogP contribution in [0, 0.1) is 5.92 Å². The summed E-state index contributed by atoms with van der Waals surface area (Å²) in [6.45, 7) is 2.17. The monoisotopic (exact) mass is 198 g/mol. The molecule has 2 fully saturated rings. The number of hydrogen-bond acceptors (Lipinski definition) is 3. The molecule has 0 radical (unpaired) electrons. The highest BCUT2D eigenvalue weighted by molar-refractivity contribution is 5.79. The van der Waals surface area contributed by atoms with Gasteiger partial charge < -0.3 is 9.47 Å². The van der Waals surface area contributed by atoms with E-state index in [9.17, 15) is 4.79 Å². The maximum Gasteiger partial charge on any atom is 0.338 e. The summed E-state index contributed by atoms with van der Waals surface area (Å²) in [6.07, 6.45) is 5.53. The maximum absolute atomic E-state index is 11.4. The number of carbonyl (C=O) groups excluding carboxylic acids is 1. The molecule has 3 atom stereocenters. The molecular weight excluding hydrogens is 180 g/mol. The van der Waals surface area contributed by atoms with Crippen LogP contribution in [0.5, 0.6) is 0 Å². The lowest BCUT2D eigenvalue weighted by atomic mass is 9.75. The summed E-state index contributed by atoms with van der Waals surface area (Å²) < 4.78 is 10.4. The normalized spacial score (nSPS) is 41.0. The van der Waals surface area contributed by atoms with Crippen molar-refractivity contribution in [3.63, 3.8) is 0 Å². The molecule has 3 nitrogen and oxygen atoms in total. The molecule has 0 aromatic heterocycles. The summed E-state index contributed by atoms with van der Waals surface area (Å²) in [5, 5.41) is 0. The highest BCUT2D eigenvalue weighted by atomic mass is 16.7. The number of rotatable bonds is 2. The smallest absolute Gasteiger partial charge is 0.338 e. The van der Waals surface area contributed by atoms with E-state index in [0.717, 1.165) is 12.8 Å². The molecule has 80 valence electrons. The fraction of sp³-hybridized carbons (Fsp3) is 0.909. The molecule has 1 aliphatic heterocycles. The number of carbonyl (C=O) groups is 1. The van der Waals surface area contributed by atoms with Crippen LogP contribution in [-0.2, 0) is 14.3 Å². The first kappa shape index (κ1) is 9.97. The summed E-state index contributed by atoms with van der Waals surface area (Å²) in [7, 11) is 1.43. The Balaban J connectivity index is 2.05. The van der Waals surface area contributed by atoms with Gasteiger partial charge in [-0.05, 0) is 18.8 Å². The summed E-state index contributed by atoms with van der Waals surface area (Å²) in [5.41, 5.74) is -0.139. The van der Waals surface area contributed by atoms with Gasteiger partial charge in [-0.15, -0.1) is 0 Å². The van der Waals surface area contributed by atoms with Gasteiger partial charge in [0.15, 0.2) is 6.10 Å². The van der Waals surface area contributed by atoms with Crippen molar-refractivity contribution in [2.75, 3.05) is 7.11 Å². The number of methoxy groups -OCH3 is 1. The molecule has 14 heavy (non-hydrogen) atoms. The van der Waals surface area contributed by atoms with Crippen molar-refractivity contribution in [2.24, 2.45) is 5.92 Å². The Morgan fingerprint density at radius 3 is 3.00 bits per heavy atom. The molecule has 2 rings (SSSR count). The van der Waals surface area contributed by atoms with Crippen molar-refractivity contribution >= 4 is 5.97 Å². The van der Waals surface area contributed by atoms with Crippen LogP contribution in [0.4, 0.5) is 0 Å². The SMILES string of the molecule is CCC1CCCCC12OC2C(=O)OC. The lowest BCUT2D eigenvalue weighted by Gasteiger charge is -2.28. The van der Waals surface area contributed by atoms with Crippen LogP contribution in [0.2, 0.25) is 0 Å². The number of hydrogen-bond donors (Lipinski definition) is 0. The minimum atomic E-state index is -0.266. The quantitative estimate of drug-likeness (QED) is 0.502. The zero-order valence-electron chi connectivity index (χ0n) is 8.91. The second-order valence-electron chi connectivity index (χ2n) is 4.33. The second kappa shape index (κ2) is 3.54. The third kappa shape index (κ3) is 1.34. The van der Waals surface area contributed by atoms with Gasteiger partial charge in [-0.25, -0.2) is 4.79 Å². The van der Waals surface area contributed by atoms with Crippen LogP contribution >= 0.6 is 0 Å². The molecule has 2 aliphatic rings. The van der Waals surface area contributed by atoms with E-state index in [1.54, 1.807) is 0 Å². The Labute approximate surface area is 84.8 Å². The van der Waals surface area contributed by atoms with Crippen molar-refractivity contribution in [1.82, 2.24) is 0 Å². The molecule has 3 heteroatoms. The molecule has 3 unspecified atom stereocenters. The van der Waals surface area contributed by atoms with Crippen molar-refractivity contribution in [1.29, 1.82) is 0 Å². The molecule has 0 amide bonds. The van der Waals surface area contributed by atoms with Crippen LogP contribution in [-0.4, -0.2) is 24.8 Å². The lowest BCUT2D eigenvalue weighted by molar-refractivity contribution is -0.142. The molecule has 1 saturated carbocycles. The van der Waals surface area contributed by atoms with Crippen LogP contribution in [0.3, 0.4) is 0 Å². The Hall–Kier alpha value is -0.570. The van der Waals surface area contributed by atoms with Gasteiger partial charge in [0.2, 0.25) is 0 Å². The molecule has 0 aromatic rings. The summed E-state index contributed by atoms with van der Waals surface area (Å²) in [6, 6.07) is 0. The fourth-order valence-electron chi connectivity index (χ4n) is 2.83. The average Bonchev–Trinajstić information content (AvgIpc) is 2.93. The van der Waals surface area contributed by atoms with Crippen molar-refractivity contribution in [3.05, 3.63) is 0 Å². The number of epoxide rings is 1. The van der Waals surface area contributed by atoms with Gasteiger partial charge in [0.25, 0.3) is 0 Å². The largest absolute Gasteiger partial charge is 0.467 e. The van der Waals surface area contributed by atoms with E-state index >= 15 is 0 Å². The van der Waals surface area contributed by atoms with E-state index in [1.807, 2.05) is 0 Å². The van der Waals surface area contributed by atoms with Gasteiger partial charge >= 0.3 is 5.97 Å². The van der Waals surface area contributed by atoms with Gasteiger partial charge in [-0.3, -0.25) is 0 Å². The third-order valence-electron chi connectivity index (χ3n) is 3.69. The Bertz CT molecular complexity index is 239. The first-order valence-corrected chi connectivity index (χ1v) is 5.50. The third-order valence-corrected chi connectivity index (χ3v) is 3.69. The highest BCUT2D eigenvalue weighted by Gasteiger charge is 2.65. The van der Waals surface area contributed by atoms with E-state index in [2.05, 4.69) is 6.92 Å². The zero-order chi connectivity index (χ0) is 10.2. The van der Waals surface area contributed by atoms with E-state index in [0.29, 0.717) is 5.92 Å². The van der Waals surface area contributed by atoms with Crippen LogP contribution in [0.1, 0.15) is 39.0 Å². The summed E-state index contributed by atoms with van der Waals surface area (Å²) >= 11 is 0. The molecule has 1 heterocycles. The molecule has 0 N–H and O–H groups in total. The van der Waals surface area contributed by atoms with Crippen molar-refractivity contribution in [3.8, 4) is 0 Å². The number of ether oxygens (including phenoxy) is 2. The Morgan fingerprint density at radius 1 is 1.57 bits per heavy atom. The topological polar surface area (TPSA) is 38.8 Å². The van der Waals surface area contributed by atoms with E-state index in [-0.39, 0.29) is 17.7 Å². The minimum Gasteiger partial charge on any atom is -0.467 e. The predicted molar refractivity (Wildman–Crippen MR) is 51.9 cm³/mol. The Kier molecular flexibility index (Phi) is 2.52. The predicted octanol–water partition coefficient (Wildman–Crippen LogP) is 1.90. The first-order valence-electron chi connectivity index (χ1n) is 5.50. The van der Waals surface area contributed by atoms with Gasteiger partial charge in [-0.1, -0.05) is 26.2 Å². The maximum atomic E-state index is 11.4. The lowest BCUT2D eigenvalue weighted by Crippen LogP contribution is -2.33. The highest BCUT2D eigenvalue weighted by Crippen LogP contribution is 2.53. The Morgan fingerprint density at radius 2 is 2.36 bits per heavy atom. The molecule has 1 spiro atoms. The van der Waals surface area contributed by atoms with E-state index in [4.69, 9.17) is 9.47 Å². The van der Waals surface area contributed by atoms with Gasteiger partial charge in [0.1, 0.15) is 5.60 Å². The molecule has 1 saturated heterocycles. The standard InChI is InChI=1S/C11H18O3/c1-3-8-6-4-5-7-11(8)9(14-11)10(12)13-2/h8-9H,3-7H2,1-2H3. The average molecular weight is 198 g/mol. The zero-order valence-corrected chi connectivity index (χ0v) is 8.91. The summed E-state index contributed by atoms with van der Waals surface area (Å²) in [5.74, 6) is 0.366.